The number of hydrogen-bond acceptors (Lipinski definition) is 5. The van der Waals surface area contributed by atoms with Gasteiger partial charge in [-0.2, -0.15) is 0 Å². The van der Waals surface area contributed by atoms with Crippen LogP contribution in [0.5, 0.6) is 0 Å². The molecule has 0 saturated carbocycles. The molecule has 2 fully saturated rings. The van der Waals surface area contributed by atoms with E-state index in [1.165, 1.54) is 22.5 Å². The van der Waals surface area contributed by atoms with Crippen LogP contribution in [0.25, 0.3) is 5.65 Å². The number of carbonyl (C=O) groups is 3. The Morgan fingerprint density at radius 1 is 1.11 bits per heavy atom. The highest BCUT2D eigenvalue weighted by Crippen LogP contribution is 2.35. The Hall–Kier alpha value is -3.23. The number of imide groups is 1. The second-order valence-electron chi connectivity index (χ2n) is 7.37. The minimum atomic E-state index is -0.907. The van der Waals surface area contributed by atoms with Crippen molar-refractivity contribution in [3.05, 3.63) is 46.0 Å². The summed E-state index contributed by atoms with van der Waals surface area (Å²) in [5.41, 5.74) is -0.129. The Morgan fingerprint density at radius 3 is 2.39 bits per heavy atom. The number of hydrogen-bond donors (Lipinski definition) is 0. The Balaban J connectivity index is 1.60. The van der Waals surface area contributed by atoms with Gasteiger partial charge in [-0.3, -0.25) is 23.7 Å². The molecule has 4 amide bonds. The highest BCUT2D eigenvalue weighted by Gasteiger charge is 2.55. The Kier molecular flexibility index (Phi) is 3.99. The highest BCUT2D eigenvalue weighted by molar-refractivity contribution is 6.06. The topological polar surface area (TPSA) is 95.3 Å². The molecule has 0 N–H and O–H groups in total. The number of fused-ring (bicyclic) bond motifs is 1. The van der Waals surface area contributed by atoms with Gasteiger partial charge in [0.1, 0.15) is 16.7 Å². The fourth-order valence-electron chi connectivity index (χ4n) is 4.17. The molecule has 2 aromatic rings. The summed E-state index contributed by atoms with van der Waals surface area (Å²) in [6.45, 7) is 2.35. The van der Waals surface area contributed by atoms with Gasteiger partial charge >= 0.3 is 6.03 Å². The summed E-state index contributed by atoms with van der Waals surface area (Å²) in [6, 6.07) is 4.96. The number of aryl methyl sites for hydroxylation is 1. The van der Waals surface area contributed by atoms with Crippen molar-refractivity contribution in [2.24, 2.45) is 0 Å². The lowest BCUT2D eigenvalue weighted by Gasteiger charge is -2.40. The average Bonchev–Trinajstić information content (AvgIpc) is 2.85. The first-order valence-corrected chi connectivity index (χ1v) is 9.10. The first kappa shape index (κ1) is 18.1. The number of likely N-dealkylation sites (N-methyl/N-ethyl adjacent to an activating group) is 2. The van der Waals surface area contributed by atoms with Crippen LogP contribution in [0.15, 0.2) is 29.2 Å². The monoisotopic (exact) mass is 383 g/mol. The largest absolute Gasteiger partial charge is 0.338 e. The first-order valence-electron chi connectivity index (χ1n) is 9.10. The maximum Gasteiger partial charge on any atom is 0.327 e. The van der Waals surface area contributed by atoms with Crippen molar-refractivity contribution in [2.75, 3.05) is 27.2 Å². The lowest BCUT2D eigenvalue weighted by Crippen LogP contribution is -2.56. The number of amides is 4. The number of urea groups is 1. The number of aromatic nitrogens is 2. The molecule has 1 spiro atoms. The third kappa shape index (κ3) is 2.35. The maximum atomic E-state index is 13.0. The molecule has 4 rings (SSSR count). The van der Waals surface area contributed by atoms with Gasteiger partial charge in [0.05, 0.1) is 0 Å². The van der Waals surface area contributed by atoms with E-state index >= 15 is 0 Å². The molecule has 2 aliphatic heterocycles. The average molecular weight is 383 g/mol. The molecular weight excluding hydrogens is 362 g/mol. The molecule has 0 bridgehead atoms. The van der Waals surface area contributed by atoms with Crippen molar-refractivity contribution in [1.29, 1.82) is 0 Å². The van der Waals surface area contributed by atoms with Crippen LogP contribution in [-0.2, 0) is 4.79 Å². The molecule has 2 saturated heterocycles. The second kappa shape index (κ2) is 6.15. The fraction of sp³-hybridized carbons (Fsp3) is 0.421. The standard InChI is InChI=1S/C19H21N5O4/c1-12-5-4-6-14-20-11-13(16(26)24(12)14)15(25)23-9-7-19(8-10-23)17(27)21(2)18(28)22(19)3/h4-6,11H,7-10H2,1-3H3. The van der Waals surface area contributed by atoms with E-state index in [0.717, 1.165) is 4.90 Å². The molecule has 9 heteroatoms. The Bertz CT molecular complexity index is 1070. The molecule has 2 aliphatic rings. The van der Waals surface area contributed by atoms with E-state index in [-0.39, 0.29) is 30.6 Å². The smallest absolute Gasteiger partial charge is 0.327 e. The van der Waals surface area contributed by atoms with E-state index in [4.69, 9.17) is 0 Å². The van der Waals surface area contributed by atoms with Gasteiger partial charge in [-0.05, 0) is 31.9 Å². The van der Waals surface area contributed by atoms with Crippen molar-refractivity contribution in [3.63, 3.8) is 0 Å². The lowest BCUT2D eigenvalue weighted by atomic mass is 9.86. The molecule has 0 aromatic carbocycles. The predicted molar refractivity (Wildman–Crippen MR) is 100.0 cm³/mol. The second-order valence-corrected chi connectivity index (χ2v) is 7.37. The van der Waals surface area contributed by atoms with Gasteiger partial charge in [0, 0.05) is 39.1 Å². The van der Waals surface area contributed by atoms with Gasteiger partial charge in [-0.25, -0.2) is 9.78 Å². The number of carbonyl (C=O) groups excluding carboxylic acids is 3. The van der Waals surface area contributed by atoms with Gasteiger partial charge in [0.25, 0.3) is 17.4 Å². The summed E-state index contributed by atoms with van der Waals surface area (Å²) in [5, 5.41) is 0. The fourth-order valence-corrected chi connectivity index (χ4v) is 4.17. The van der Waals surface area contributed by atoms with Crippen molar-refractivity contribution >= 4 is 23.5 Å². The van der Waals surface area contributed by atoms with E-state index in [2.05, 4.69) is 4.98 Å². The van der Waals surface area contributed by atoms with E-state index in [1.807, 2.05) is 0 Å². The maximum absolute atomic E-state index is 13.0. The van der Waals surface area contributed by atoms with E-state index in [0.29, 0.717) is 24.2 Å². The van der Waals surface area contributed by atoms with Gasteiger partial charge in [0.15, 0.2) is 0 Å². The van der Waals surface area contributed by atoms with Gasteiger partial charge in [-0.15, -0.1) is 0 Å². The molecule has 2 aromatic heterocycles. The van der Waals surface area contributed by atoms with E-state index < -0.39 is 17.0 Å². The van der Waals surface area contributed by atoms with E-state index in [9.17, 15) is 19.2 Å². The highest BCUT2D eigenvalue weighted by atomic mass is 16.2. The van der Waals surface area contributed by atoms with Crippen LogP contribution in [-0.4, -0.2) is 74.7 Å². The zero-order valence-corrected chi connectivity index (χ0v) is 16.0. The number of likely N-dealkylation sites (tertiary alicyclic amines) is 1. The molecule has 0 aliphatic carbocycles. The third-order valence-electron chi connectivity index (χ3n) is 5.95. The van der Waals surface area contributed by atoms with Gasteiger partial charge in [0.2, 0.25) is 0 Å². The molecular formula is C19H21N5O4. The third-order valence-corrected chi connectivity index (χ3v) is 5.95. The number of rotatable bonds is 1. The molecule has 4 heterocycles. The van der Waals surface area contributed by atoms with Crippen molar-refractivity contribution < 1.29 is 14.4 Å². The quantitative estimate of drug-likeness (QED) is 0.669. The summed E-state index contributed by atoms with van der Waals surface area (Å²) in [6.07, 6.45) is 1.99. The minimum absolute atomic E-state index is 0.00190. The summed E-state index contributed by atoms with van der Waals surface area (Å²) in [4.78, 5) is 58.9. The van der Waals surface area contributed by atoms with Crippen LogP contribution < -0.4 is 5.56 Å². The summed E-state index contributed by atoms with van der Waals surface area (Å²) in [7, 11) is 3.08. The number of piperidine rings is 1. The first-order chi connectivity index (χ1) is 13.3. The van der Waals surface area contributed by atoms with Crippen LogP contribution in [0.2, 0.25) is 0 Å². The molecule has 28 heavy (non-hydrogen) atoms. The zero-order valence-electron chi connectivity index (χ0n) is 16.0. The molecule has 0 radical (unpaired) electrons. The predicted octanol–water partition coefficient (Wildman–Crippen LogP) is 0.502. The molecule has 9 nitrogen and oxygen atoms in total. The van der Waals surface area contributed by atoms with E-state index in [1.54, 1.807) is 37.1 Å². The summed E-state index contributed by atoms with van der Waals surface area (Å²) >= 11 is 0. The van der Waals surface area contributed by atoms with Crippen LogP contribution >= 0.6 is 0 Å². The lowest BCUT2D eigenvalue weighted by molar-refractivity contribution is -0.134. The Morgan fingerprint density at radius 2 is 1.79 bits per heavy atom. The van der Waals surface area contributed by atoms with Crippen molar-refractivity contribution in [3.8, 4) is 0 Å². The minimum Gasteiger partial charge on any atom is -0.338 e. The number of pyridine rings is 1. The summed E-state index contributed by atoms with van der Waals surface area (Å²) < 4.78 is 1.42. The SMILES string of the molecule is Cc1cccc2ncc(C(=O)N3CCC4(CC3)C(=O)N(C)C(=O)N4C)c(=O)n12. The normalized spacial score (nSPS) is 19.2. The Labute approximate surface area is 161 Å². The van der Waals surface area contributed by atoms with Crippen LogP contribution in [0, 0.1) is 6.92 Å². The van der Waals surface area contributed by atoms with Gasteiger partial charge in [-0.1, -0.05) is 6.07 Å². The molecule has 0 atom stereocenters. The number of nitrogens with zero attached hydrogens (tertiary/aromatic N) is 5. The van der Waals surface area contributed by atoms with Crippen LogP contribution in [0.3, 0.4) is 0 Å². The summed E-state index contributed by atoms with van der Waals surface area (Å²) in [5.74, 6) is -0.645. The van der Waals surface area contributed by atoms with Crippen molar-refractivity contribution in [2.45, 2.75) is 25.3 Å². The zero-order chi connectivity index (χ0) is 20.2. The van der Waals surface area contributed by atoms with Gasteiger partial charge < -0.3 is 9.80 Å². The van der Waals surface area contributed by atoms with Crippen LogP contribution in [0.4, 0.5) is 4.79 Å². The van der Waals surface area contributed by atoms with Crippen molar-refractivity contribution in [1.82, 2.24) is 24.1 Å². The molecule has 0 unspecified atom stereocenters. The molecule has 146 valence electrons. The van der Waals surface area contributed by atoms with Crippen LogP contribution in [0.1, 0.15) is 28.9 Å².